The Morgan fingerprint density at radius 1 is 1.56 bits per heavy atom. The molecule has 1 aliphatic heterocycles. The fourth-order valence-electron chi connectivity index (χ4n) is 1.98. The van der Waals surface area contributed by atoms with Gasteiger partial charge in [0, 0.05) is 12.3 Å². The van der Waals surface area contributed by atoms with Gasteiger partial charge in [0.1, 0.15) is 12.2 Å². The van der Waals surface area contributed by atoms with E-state index >= 15 is 0 Å². The Balaban J connectivity index is 2.01. The summed E-state index contributed by atoms with van der Waals surface area (Å²) in [6, 6.07) is 3.15. The van der Waals surface area contributed by atoms with Gasteiger partial charge in [0.15, 0.2) is 0 Å². The standard InChI is InChI=1S/C13H17NO4/c1-9-4-5-10(11(15)14-9)12(16)17-8-13(2)6-3-7-18-13/h4-5H,3,6-8H2,1-2H3,(H,14,15)/t13-/m1/s1. The molecule has 2 heterocycles. The van der Waals surface area contributed by atoms with Crippen LogP contribution in [0, 0.1) is 6.92 Å². The Hall–Kier alpha value is -1.62. The van der Waals surface area contributed by atoms with Crippen molar-refractivity contribution in [2.45, 2.75) is 32.3 Å². The first kappa shape index (κ1) is 12.8. The molecule has 0 amide bonds. The third kappa shape index (κ3) is 2.79. The molecule has 0 aromatic carbocycles. The number of nitrogens with one attached hydrogen (secondary N) is 1. The first-order chi connectivity index (χ1) is 8.50. The van der Waals surface area contributed by atoms with Crippen molar-refractivity contribution in [1.82, 2.24) is 4.98 Å². The van der Waals surface area contributed by atoms with E-state index in [4.69, 9.17) is 9.47 Å². The average molecular weight is 251 g/mol. The van der Waals surface area contributed by atoms with Crippen molar-refractivity contribution in [3.8, 4) is 0 Å². The second-order valence-electron chi connectivity index (χ2n) is 4.86. The zero-order chi connectivity index (χ0) is 13.2. The number of aryl methyl sites for hydroxylation is 1. The van der Waals surface area contributed by atoms with E-state index in [2.05, 4.69) is 4.98 Å². The van der Waals surface area contributed by atoms with Crippen molar-refractivity contribution in [1.29, 1.82) is 0 Å². The lowest BCUT2D eigenvalue weighted by Crippen LogP contribution is -2.32. The number of pyridine rings is 1. The molecule has 5 nitrogen and oxygen atoms in total. The summed E-state index contributed by atoms with van der Waals surface area (Å²) >= 11 is 0. The molecule has 5 heteroatoms. The summed E-state index contributed by atoms with van der Waals surface area (Å²) in [4.78, 5) is 25.9. The van der Waals surface area contributed by atoms with Gasteiger partial charge in [0.2, 0.25) is 0 Å². The van der Waals surface area contributed by atoms with Gasteiger partial charge in [-0.2, -0.15) is 0 Å². The molecule has 1 aliphatic rings. The number of hydrogen-bond acceptors (Lipinski definition) is 4. The summed E-state index contributed by atoms with van der Waals surface area (Å²) in [5.74, 6) is -0.604. The minimum absolute atomic E-state index is 0.0298. The molecule has 1 atom stereocenters. The molecule has 1 N–H and O–H groups in total. The number of esters is 1. The zero-order valence-electron chi connectivity index (χ0n) is 10.6. The zero-order valence-corrected chi connectivity index (χ0v) is 10.6. The largest absolute Gasteiger partial charge is 0.459 e. The van der Waals surface area contributed by atoms with Crippen LogP contribution >= 0.6 is 0 Å². The average Bonchev–Trinajstić information content (AvgIpc) is 2.74. The van der Waals surface area contributed by atoms with Crippen molar-refractivity contribution in [2.24, 2.45) is 0 Å². The van der Waals surface area contributed by atoms with Crippen LogP contribution in [0.1, 0.15) is 35.8 Å². The van der Waals surface area contributed by atoms with Crippen LogP contribution in [-0.2, 0) is 9.47 Å². The number of aromatic amines is 1. The molecule has 0 bridgehead atoms. The van der Waals surface area contributed by atoms with E-state index in [1.807, 2.05) is 6.92 Å². The van der Waals surface area contributed by atoms with Gasteiger partial charge in [-0.25, -0.2) is 4.79 Å². The number of carbonyl (C=O) groups is 1. The third-order valence-corrected chi connectivity index (χ3v) is 3.08. The van der Waals surface area contributed by atoms with Crippen LogP contribution in [0.2, 0.25) is 0 Å². The van der Waals surface area contributed by atoms with Gasteiger partial charge in [-0.3, -0.25) is 4.79 Å². The summed E-state index contributed by atoms with van der Waals surface area (Å²) < 4.78 is 10.7. The van der Waals surface area contributed by atoms with Crippen LogP contribution < -0.4 is 5.56 Å². The highest BCUT2D eigenvalue weighted by molar-refractivity contribution is 5.88. The van der Waals surface area contributed by atoms with E-state index in [-0.39, 0.29) is 12.2 Å². The van der Waals surface area contributed by atoms with Crippen LogP contribution in [0.25, 0.3) is 0 Å². The summed E-state index contributed by atoms with van der Waals surface area (Å²) in [5, 5.41) is 0. The number of ether oxygens (including phenoxy) is 2. The first-order valence-electron chi connectivity index (χ1n) is 6.01. The van der Waals surface area contributed by atoms with Crippen molar-refractivity contribution < 1.29 is 14.3 Å². The maximum atomic E-state index is 11.8. The van der Waals surface area contributed by atoms with Crippen molar-refractivity contribution in [2.75, 3.05) is 13.2 Å². The van der Waals surface area contributed by atoms with Crippen LogP contribution in [-0.4, -0.2) is 29.8 Å². The van der Waals surface area contributed by atoms with E-state index in [9.17, 15) is 9.59 Å². The second kappa shape index (κ2) is 4.94. The molecule has 0 aliphatic carbocycles. The maximum Gasteiger partial charge on any atom is 0.343 e. The molecule has 0 saturated carbocycles. The smallest absolute Gasteiger partial charge is 0.343 e. The minimum atomic E-state index is -0.604. The molecule has 2 rings (SSSR count). The van der Waals surface area contributed by atoms with Gasteiger partial charge in [-0.15, -0.1) is 0 Å². The highest BCUT2D eigenvalue weighted by Crippen LogP contribution is 2.25. The Kier molecular flexibility index (Phi) is 3.52. The van der Waals surface area contributed by atoms with Gasteiger partial charge in [0.05, 0.1) is 5.60 Å². The number of carbonyl (C=O) groups excluding carboxylic acids is 1. The number of H-pyrrole nitrogens is 1. The van der Waals surface area contributed by atoms with E-state index in [0.717, 1.165) is 12.8 Å². The summed E-state index contributed by atoms with van der Waals surface area (Å²) in [6.07, 6.45) is 1.84. The van der Waals surface area contributed by atoms with Crippen molar-refractivity contribution >= 4 is 5.97 Å². The lowest BCUT2D eigenvalue weighted by atomic mass is 10.0. The highest BCUT2D eigenvalue weighted by Gasteiger charge is 2.31. The van der Waals surface area contributed by atoms with E-state index < -0.39 is 17.1 Å². The monoisotopic (exact) mass is 251 g/mol. The molecule has 0 unspecified atom stereocenters. The van der Waals surface area contributed by atoms with Crippen molar-refractivity contribution in [3.63, 3.8) is 0 Å². The fraction of sp³-hybridized carbons (Fsp3) is 0.538. The van der Waals surface area contributed by atoms with E-state index in [0.29, 0.717) is 12.3 Å². The molecule has 1 saturated heterocycles. The number of hydrogen-bond donors (Lipinski definition) is 1. The van der Waals surface area contributed by atoms with Gasteiger partial charge < -0.3 is 14.5 Å². The fourth-order valence-corrected chi connectivity index (χ4v) is 1.98. The van der Waals surface area contributed by atoms with Gasteiger partial charge in [0.25, 0.3) is 5.56 Å². The Morgan fingerprint density at radius 2 is 2.33 bits per heavy atom. The molecule has 98 valence electrons. The molecule has 1 aromatic rings. The Bertz CT molecular complexity index is 500. The lowest BCUT2D eigenvalue weighted by molar-refractivity contribution is -0.0379. The minimum Gasteiger partial charge on any atom is -0.459 e. The summed E-state index contributed by atoms with van der Waals surface area (Å²) in [6.45, 7) is 4.54. The first-order valence-corrected chi connectivity index (χ1v) is 6.01. The van der Waals surface area contributed by atoms with Gasteiger partial charge in [-0.1, -0.05) is 0 Å². The van der Waals surface area contributed by atoms with Crippen LogP contribution in [0.15, 0.2) is 16.9 Å². The molecular weight excluding hydrogens is 234 g/mol. The summed E-state index contributed by atoms with van der Waals surface area (Å²) in [5.41, 5.74) is -0.0880. The molecular formula is C13H17NO4. The topological polar surface area (TPSA) is 68.4 Å². The van der Waals surface area contributed by atoms with Crippen LogP contribution in [0.3, 0.4) is 0 Å². The normalized spacial score (nSPS) is 23.0. The maximum absolute atomic E-state index is 11.8. The van der Waals surface area contributed by atoms with Gasteiger partial charge in [-0.05, 0) is 38.8 Å². The van der Waals surface area contributed by atoms with Gasteiger partial charge >= 0.3 is 5.97 Å². The Labute approximate surface area is 105 Å². The quantitative estimate of drug-likeness (QED) is 0.825. The predicted molar refractivity (Wildman–Crippen MR) is 65.7 cm³/mol. The van der Waals surface area contributed by atoms with Crippen LogP contribution in [0.5, 0.6) is 0 Å². The van der Waals surface area contributed by atoms with Crippen LogP contribution in [0.4, 0.5) is 0 Å². The van der Waals surface area contributed by atoms with Crippen molar-refractivity contribution in [3.05, 3.63) is 33.7 Å². The second-order valence-corrected chi connectivity index (χ2v) is 4.86. The molecule has 1 aromatic heterocycles. The molecule has 18 heavy (non-hydrogen) atoms. The summed E-state index contributed by atoms with van der Waals surface area (Å²) in [7, 11) is 0. The number of aromatic nitrogens is 1. The molecule has 0 radical (unpaired) electrons. The van der Waals surface area contributed by atoms with E-state index in [1.165, 1.54) is 6.07 Å². The Morgan fingerprint density at radius 3 is 2.94 bits per heavy atom. The van der Waals surface area contributed by atoms with E-state index in [1.54, 1.807) is 13.0 Å². The predicted octanol–water partition coefficient (Wildman–Crippen LogP) is 1.41. The number of rotatable bonds is 3. The molecule has 1 fully saturated rings. The highest BCUT2D eigenvalue weighted by atomic mass is 16.6. The SMILES string of the molecule is Cc1ccc(C(=O)OC[C@@]2(C)CCCO2)c(=O)[nH]1. The third-order valence-electron chi connectivity index (χ3n) is 3.08. The lowest BCUT2D eigenvalue weighted by Gasteiger charge is -2.22. The molecule has 0 spiro atoms.